The van der Waals surface area contributed by atoms with E-state index in [2.05, 4.69) is 15.6 Å². The maximum atomic E-state index is 13.6. The molecule has 164 valence electrons. The number of hydrogen-bond donors (Lipinski definition) is 2. The first-order valence-corrected chi connectivity index (χ1v) is 10.6. The summed E-state index contributed by atoms with van der Waals surface area (Å²) in [4.78, 5) is 42.8. The number of benzene rings is 1. The Hall–Kier alpha value is -3.00. The molecule has 1 aliphatic carbocycles. The van der Waals surface area contributed by atoms with E-state index in [4.69, 9.17) is 11.6 Å². The van der Waals surface area contributed by atoms with Crippen molar-refractivity contribution in [2.75, 3.05) is 16.8 Å². The van der Waals surface area contributed by atoms with Crippen molar-refractivity contribution in [2.24, 2.45) is 0 Å². The molecule has 1 fully saturated rings. The first kappa shape index (κ1) is 22.7. The fraction of sp³-hybridized carbons (Fsp3) is 0.364. The van der Waals surface area contributed by atoms with Crippen LogP contribution in [0, 0.1) is 5.82 Å². The molecule has 1 heterocycles. The average molecular weight is 447 g/mol. The highest BCUT2D eigenvalue weighted by Gasteiger charge is 2.23. The van der Waals surface area contributed by atoms with Crippen LogP contribution >= 0.6 is 11.6 Å². The summed E-state index contributed by atoms with van der Waals surface area (Å²) < 4.78 is 13.6. The van der Waals surface area contributed by atoms with Gasteiger partial charge in [-0.25, -0.2) is 9.37 Å². The lowest BCUT2D eigenvalue weighted by Gasteiger charge is -2.24. The third-order valence-electron chi connectivity index (χ3n) is 5.04. The second-order valence-electron chi connectivity index (χ2n) is 7.39. The van der Waals surface area contributed by atoms with E-state index < -0.39 is 11.7 Å². The Bertz CT molecular complexity index is 936. The number of rotatable bonds is 8. The summed E-state index contributed by atoms with van der Waals surface area (Å²) in [6, 6.07) is 9.02. The third-order valence-corrected chi connectivity index (χ3v) is 5.33. The smallest absolute Gasteiger partial charge is 0.240 e. The van der Waals surface area contributed by atoms with E-state index in [1.54, 1.807) is 24.4 Å². The number of hydrogen-bond acceptors (Lipinski definition) is 4. The van der Waals surface area contributed by atoms with Crippen LogP contribution in [0.4, 0.5) is 15.9 Å². The molecule has 31 heavy (non-hydrogen) atoms. The zero-order chi connectivity index (χ0) is 22.2. The van der Waals surface area contributed by atoms with Crippen molar-refractivity contribution in [3.63, 3.8) is 0 Å². The summed E-state index contributed by atoms with van der Waals surface area (Å²) >= 11 is 5.87. The number of nitrogens with one attached hydrogen (secondary N) is 2. The number of carbonyl (C=O) groups excluding carboxylic acids is 3. The summed E-state index contributed by atoms with van der Waals surface area (Å²) in [7, 11) is 0. The van der Waals surface area contributed by atoms with Crippen molar-refractivity contribution in [3.8, 4) is 0 Å². The van der Waals surface area contributed by atoms with Crippen molar-refractivity contribution >= 4 is 40.8 Å². The Morgan fingerprint density at radius 1 is 1.10 bits per heavy atom. The van der Waals surface area contributed by atoms with Gasteiger partial charge in [-0.15, -0.1) is 0 Å². The maximum Gasteiger partial charge on any atom is 0.240 e. The quantitative estimate of drug-likeness (QED) is 0.647. The summed E-state index contributed by atoms with van der Waals surface area (Å²) in [6.45, 7) is -0.237. The van der Waals surface area contributed by atoms with E-state index in [9.17, 15) is 18.8 Å². The van der Waals surface area contributed by atoms with Crippen LogP contribution in [0.15, 0.2) is 42.6 Å². The normalized spacial score (nSPS) is 13.6. The highest BCUT2D eigenvalue weighted by Crippen LogP contribution is 2.24. The summed E-state index contributed by atoms with van der Waals surface area (Å²) in [5, 5.41) is 5.39. The number of pyridine rings is 1. The summed E-state index contributed by atoms with van der Waals surface area (Å²) in [6.07, 6.45) is 5.27. The third kappa shape index (κ3) is 6.75. The molecule has 0 saturated heterocycles. The standard InChI is InChI=1S/C22H24ClFN4O3/c23-17-13-16(8-9-18(17)24)28(14-21(30)26-15-5-1-2-6-15)22(31)11-10-20(29)27-19-7-3-4-12-25-19/h3-4,7-9,12-13,15H,1-2,5-6,10-11,14H2,(H,26,30)(H,25,27,29). The van der Waals surface area contributed by atoms with E-state index in [0.29, 0.717) is 11.5 Å². The Morgan fingerprint density at radius 3 is 2.55 bits per heavy atom. The molecule has 1 saturated carbocycles. The van der Waals surface area contributed by atoms with Gasteiger partial charge in [0.2, 0.25) is 17.7 Å². The van der Waals surface area contributed by atoms with Crippen LogP contribution in [0.1, 0.15) is 38.5 Å². The molecule has 7 nitrogen and oxygen atoms in total. The molecular weight excluding hydrogens is 423 g/mol. The predicted molar refractivity (Wildman–Crippen MR) is 116 cm³/mol. The van der Waals surface area contributed by atoms with Gasteiger partial charge in [0.1, 0.15) is 18.2 Å². The topological polar surface area (TPSA) is 91.4 Å². The van der Waals surface area contributed by atoms with Gasteiger partial charge in [-0.3, -0.25) is 14.4 Å². The van der Waals surface area contributed by atoms with E-state index in [0.717, 1.165) is 31.7 Å². The number of aromatic nitrogens is 1. The lowest BCUT2D eigenvalue weighted by atomic mass is 10.2. The van der Waals surface area contributed by atoms with Gasteiger partial charge in [0, 0.05) is 30.8 Å². The minimum Gasteiger partial charge on any atom is -0.352 e. The van der Waals surface area contributed by atoms with Gasteiger partial charge in [0.05, 0.1) is 5.02 Å². The average Bonchev–Trinajstić information content (AvgIpc) is 3.26. The molecule has 3 rings (SSSR count). The second kappa shape index (κ2) is 10.9. The van der Waals surface area contributed by atoms with Crippen LogP contribution in [-0.2, 0) is 14.4 Å². The van der Waals surface area contributed by atoms with E-state index in [1.165, 1.54) is 17.0 Å². The fourth-order valence-corrected chi connectivity index (χ4v) is 3.64. The molecule has 3 amide bonds. The Kier molecular flexibility index (Phi) is 7.94. The number of halogens is 2. The molecule has 2 N–H and O–H groups in total. The van der Waals surface area contributed by atoms with Crippen molar-refractivity contribution in [2.45, 2.75) is 44.6 Å². The predicted octanol–water partition coefficient (Wildman–Crippen LogP) is 3.68. The summed E-state index contributed by atoms with van der Waals surface area (Å²) in [5.41, 5.74) is 0.295. The van der Waals surface area contributed by atoms with Gasteiger partial charge in [0.15, 0.2) is 0 Å². The molecule has 9 heteroatoms. The molecule has 0 spiro atoms. The molecule has 1 aliphatic rings. The number of carbonyl (C=O) groups is 3. The zero-order valence-electron chi connectivity index (χ0n) is 16.9. The van der Waals surface area contributed by atoms with Gasteiger partial charge in [0.25, 0.3) is 0 Å². The van der Waals surface area contributed by atoms with E-state index >= 15 is 0 Å². The summed E-state index contributed by atoms with van der Waals surface area (Å²) in [5.74, 6) is -1.36. The van der Waals surface area contributed by atoms with Crippen molar-refractivity contribution in [1.82, 2.24) is 10.3 Å². The van der Waals surface area contributed by atoms with Gasteiger partial charge in [-0.2, -0.15) is 0 Å². The first-order valence-electron chi connectivity index (χ1n) is 10.2. The van der Waals surface area contributed by atoms with Crippen LogP contribution in [0.5, 0.6) is 0 Å². The highest BCUT2D eigenvalue weighted by atomic mass is 35.5. The lowest BCUT2D eigenvalue weighted by molar-refractivity contribution is -0.125. The fourth-order valence-electron chi connectivity index (χ4n) is 3.46. The van der Waals surface area contributed by atoms with Crippen molar-refractivity contribution < 1.29 is 18.8 Å². The number of anilines is 2. The van der Waals surface area contributed by atoms with E-state index in [-0.39, 0.29) is 42.3 Å². The Labute approximate surface area is 185 Å². The van der Waals surface area contributed by atoms with Crippen LogP contribution < -0.4 is 15.5 Å². The van der Waals surface area contributed by atoms with Gasteiger partial charge in [-0.1, -0.05) is 30.5 Å². The monoisotopic (exact) mass is 446 g/mol. The molecule has 0 bridgehead atoms. The molecule has 1 aromatic carbocycles. The highest BCUT2D eigenvalue weighted by molar-refractivity contribution is 6.31. The van der Waals surface area contributed by atoms with Crippen LogP contribution in [-0.4, -0.2) is 35.3 Å². The van der Waals surface area contributed by atoms with Gasteiger partial charge < -0.3 is 15.5 Å². The minimum absolute atomic E-state index is 0.0922. The van der Waals surface area contributed by atoms with Crippen LogP contribution in [0.2, 0.25) is 5.02 Å². The van der Waals surface area contributed by atoms with Crippen LogP contribution in [0.25, 0.3) is 0 Å². The second-order valence-corrected chi connectivity index (χ2v) is 7.80. The minimum atomic E-state index is -0.622. The molecule has 0 atom stereocenters. The zero-order valence-corrected chi connectivity index (χ0v) is 17.7. The molecule has 0 radical (unpaired) electrons. The molecule has 1 aromatic heterocycles. The van der Waals surface area contributed by atoms with Crippen molar-refractivity contribution in [3.05, 3.63) is 53.4 Å². The van der Waals surface area contributed by atoms with Crippen LogP contribution in [0.3, 0.4) is 0 Å². The van der Waals surface area contributed by atoms with Gasteiger partial charge in [-0.05, 0) is 43.2 Å². The molecule has 2 aromatic rings. The van der Waals surface area contributed by atoms with E-state index in [1.807, 2.05) is 0 Å². The Balaban J connectivity index is 1.65. The first-order chi connectivity index (χ1) is 14.9. The van der Waals surface area contributed by atoms with Gasteiger partial charge >= 0.3 is 0 Å². The number of nitrogens with zero attached hydrogens (tertiary/aromatic N) is 2. The molecular formula is C22H24ClFN4O3. The SMILES string of the molecule is O=C(CCC(=O)N(CC(=O)NC1CCCC1)c1ccc(F)c(Cl)c1)Nc1ccccn1. The Morgan fingerprint density at radius 2 is 1.87 bits per heavy atom. The van der Waals surface area contributed by atoms with Crippen molar-refractivity contribution in [1.29, 1.82) is 0 Å². The maximum absolute atomic E-state index is 13.6. The lowest BCUT2D eigenvalue weighted by Crippen LogP contribution is -2.43. The largest absolute Gasteiger partial charge is 0.352 e. The molecule has 0 unspecified atom stereocenters. The number of amides is 3. The molecule has 0 aliphatic heterocycles.